The number of nitrogens with two attached hydrogens (primary N) is 1. The van der Waals surface area contributed by atoms with Gasteiger partial charge in [0.05, 0.1) is 12.1 Å². The van der Waals surface area contributed by atoms with Crippen molar-refractivity contribution in [3.05, 3.63) is 23.8 Å². The number of amides is 2. The maximum Gasteiger partial charge on any atom is 0.312 e. The molecule has 5 nitrogen and oxygen atoms in total. The molecular weight excluding hydrogens is 172 g/mol. The summed E-state index contributed by atoms with van der Waals surface area (Å²) in [5.74, 6) is -0.150. The number of nitrogens with one attached hydrogen (secondary N) is 1. The van der Waals surface area contributed by atoms with Gasteiger partial charge in [-0.25, -0.2) is 4.79 Å². The maximum atomic E-state index is 10.3. The number of carbonyl (C=O) groups excluding carboxylic acids is 1. The first-order valence-electron chi connectivity index (χ1n) is 3.64. The summed E-state index contributed by atoms with van der Waals surface area (Å²) in [7, 11) is 0. The van der Waals surface area contributed by atoms with E-state index in [-0.39, 0.29) is 23.6 Å². The van der Waals surface area contributed by atoms with Crippen LogP contribution in [0.3, 0.4) is 0 Å². The number of aromatic hydroxyl groups is 2. The minimum absolute atomic E-state index is 0.00778. The number of phenols is 2. The summed E-state index contributed by atoms with van der Waals surface area (Å²) < 4.78 is 0. The normalized spacial score (nSPS) is 9.54. The molecule has 0 aliphatic heterocycles. The molecule has 0 spiro atoms. The highest BCUT2D eigenvalue weighted by Crippen LogP contribution is 2.25. The van der Waals surface area contributed by atoms with Crippen molar-refractivity contribution in [2.75, 3.05) is 0 Å². The lowest BCUT2D eigenvalue weighted by atomic mass is 10.2. The molecular formula is C8H10N2O3. The van der Waals surface area contributed by atoms with Gasteiger partial charge in [-0.2, -0.15) is 0 Å². The van der Waals surface area contributed by atoms with Crippen LogP contribution in [0, 0.1) is 0 Å². The summed E-state index contributed by atoms with van der Waals surface area (Å²) >= 11 is 0. The van der Waals surface area contributed by atoms with Crippen LogP contribution in [0.15, 0.2) is 18.2 Å². The molecule has 5 heteroatoms. The fourth-order valence-corrected chi connectivity index (χ4v) is 0.919. The van der Waals surface area contributed by atoms with E-state index in [4.69, 9.17) is 5.73 Å². The van der Waals surface area contributed by atoms with Gasteiger partial charge in [0.2, 0.25) is 0 Å². The zero-order valence-corrected chi connectivity index (χ0v) is 6.82. The third-order valence-electron chi connectivity index (χ3n) is 1.57. The van der Waals surface area contributed by atoms with Crippen molar-refractivity contribution in [3.63, 3.8) is 0 Å². The molecule has 13 heavy (non-hydrogen) atoms. The smallest absolute Gasteiger partial charge is 0.312 e. The molecule has 0 aromatic heterocycles. The van der Waals surface area contributed by atoms with Crippen molar-refractivity contribution in [3.8, 4) is 11.5 Å². The van der Waals surface area contributed by atoms with E-state index in [1.165, 1.54) is 18.2 Å². The van der Waals surface area contributed by atoms with Gasteiger partial charge in [0.1, 0.15) is 11.5 Å². The topological polar surface area (TPSA) is 95.6 Å². The van der Waals surface area contributed by atoms with E-state index < -0.39 is 6.03 Å². The highest BCUT2D eigenvalue weighted by Gasteiger charge is 2.06. The van der Waals surface area contributed by atoms with Gasteiger partial charge in [0, 0.05) is 0 Å². The second-order valence-corrected chi connectivity index (χ2v) is 2.49. The molecule has 0 aliphatic rings. The van der Waals surface area contributed by atoms with Gasteiger partial charge < -0.3 is 21.3 Å². The predicted molar refractivity (Wildman–Crippen MR) is 46.2 cm³/mol. The standard InChI is InChI=1S/C8H10N2O3/c9-8(13)10-4-5-6(11)2-1-3-7(5)12/h1-3,11-12H,4H2,(H3,9,10,13). The van der Waals surface area contributed by atoms with Crippen LogP contribution < -0.4 is 11.1 Å². The van der Waals surface area contributed by atoms with Crippen LogP contribution in [-0.2, 0) is 6.54 Å². The Kier molecular flexibility index (Phi) is 2.59. The molecule has 0 saturated heterocycles. The molecule has 1 aromatic carbocycles. The first-order valence-corrected chi connectivity index (χ1v) is 3.64. The Bertz CT molecular complexity index is 305. The van der Waals surface area contributed by atoms with E-state index in [0.717, 1.165) is 0 Å². The lowest BCUT2D eigenvalue weighted by Crippen LogP contribution is -2.28. The number of rotatable bonds is 2. The van der Waals surface area contributed by atoms with Crippen LogP contribution in [0.4, 0.5) is 4.79 Å². The Morgan fingerprint density at radius 3 is 2.38 bits per heavy atom. The fraction of sp³-hybridized carbons (Fsp3) is 0.125. The number of phenolic OH excluding ortho intramolecular Hbond substituents is 2. The Morgan fingerprint density at radius 2 is 1.92 bits per heavy atom. The van der Waals surface area contributed by atoms with E-state index in [1.54, 1.807) is 0 Å². The molecule has 0 unspecified atom stereocenters. The highest BCUT2D eigenvalue weighted by atomic mass is 16.3. The fourth-order valence-electron chi connectivity index (χ4n) is 0.919. The number of urea groups is 1. The van der Waals surface area contributed by atoms with E-state index in [2.05, 4.69) is 5.32 Å². The number of carbonyl (C=O) groups is 1. The molecule has 0 aliphatic carbocycles. The van der Waals surface area contributed by atoms with Gasteiger partial charge in [0.25, 0.3) is 0 Å². The Morgan fingerprint density at radius 1 is 1.38 bits per heavy atom. The van der Waals surface area contributed by atoms with Crippen molar-refractivity contribution >= 4 is 6.03 Å². The molecule has 2 amide bonds. The number of primary amides is 1. The second kappa shape index (κ2) is 3.66. The third kappa shape index (κ3) is 2.26. The van der Waals surface area contributed by atoms with Gasteiger partial charge in [-0.05, 0) is 12.1 Å². The first kappa shape index (κ1) is 9.18. The van der Waals surface area contributed by atoms with Crippen molar-refractivity contribution in [2.24, 2.45) is 5.73 Å². The van der Waals surface area contributed by atoms with Crippen molar-refractivity contribution < 1.29 is 15.0 Å². The van der Waals surface area contributed by atoms with E-state index >= 15 is 0 Å². The lowest BCUT2D eigenvalue weighted by molar-refractivity contribution is 0.248. The van der Waals surface area contributed by atoms with E-state index in [1.807, 2.05) is 0 Å². The second-order valence-electron chi connectivity index (χ2n) is 2.49. The Balaban J connectivity index is 2.81. The SMILES string of the molecule is NC(=O)NCc1c(O)cccc1O. The summed E-state index contributed by atoms with van der Waals surface area (Å²) in [6.07, 6.45) is 0. The molecule has 0 fully saturated rings. The van der Waals surface area contributed by atoms with Crippen LogP contribution >= 0.6 is 0 Å². The molecule has 0 atom stereocenters. The van der Waals surface area contributed by atoms with Gasteiger partial charge in [-0.3, -0.25) is 0 Å². The minimum atomic E-state index is -0.706. The summed E-state index contributed by atoms with van der Waals surface area (Å²) in [5.41, 5.74) is 5.08. The summed E-state index contributed by atoms with van der Waals surface area (Å²) in [6.45, 7) is 0.00778. The number of hydrogen-bond donors (Lipinski definition) is 4. The average Bonchev–Trinajstić information content (AvgIpc) is 2.03. The molecule has 0 heterocycles. The molecule has 0 saturated carbocycles. The van der Waals surface area contributed by atoms with Crippen LogP contribution in [0.1, 0.15) is 5.56 Å². The quantitative estimate of drug-likeness (QED) is 0.528. The molecule has 0 bridgehead atoms. The van der Waals surface area contributed by atoms with Crippen LogP contribution in [0.25, 0.3) is 0 Å². The van der Waals surface area contributed by atoms with Crippen molar-refractivity contribution in [1.29, 1.82) is 0 Å². The predicted octanol–water partition coefficient (Wildman–Crippen LogP) is 0.266. The molecule has 5 N–H and O–H groups in total. The van der Waals surface area contributed by atoms with E-state index in [0.29, 0.717) is 0 Å². The molecule has 1 rings (SSSR count). The Hall–Kier alpha value is -1.91. The van der Waals surface area contributed by atoms with Gasteiger partial charge in [-0.15, -0.1) is 0 Å². The number of benzene rings is 1. The zero-order valence-electron chi connectivity index (χ0n) is 6.82. The molecule has 1 aromatic rings. The summed E-state index contributed by atoms with van der Waals surface area (Å²) in [4.78, 5) is 10.3. The van der Waals surface area contributed by atoms with Crippen molar-refractivity contribution in [2.45, 2.75) is 6.54 Å². The minimum Gasteiger partial charge on any atom is -0.507 e. The van der Waals surface area contributed by atoms with Gasteiger partial charge in [0.15, 0.2) is 0 Å². The maximum absolute atomic E-state index is 10.3. The average molecular weight is 182 g/mol. The number of hydrogen-bond acceptors (Lipinski definition) is 3. The van der Waals surface area contributed by atoms with E-state index in [9.17, 15) is 15.0 Å². The van der Waals surface area contributed by atoms with Crippen molar-refractivity contribution in [1.82, 2.24) is 5.32 Å². The first-order chi connectivity index (χ1) is 6.11. The van der Waals surface area contributed by atoms with Crippen LogP contribution in [0.5, 0.6) is 11.5 Å². The Labute approximate surface area is 74.8 Å². The van der Waals surface area contributed by atoms with Crippen LogP contribution in [-0.4, -0.2) is 16.2 Å². The molecule has 0 radical (unpaired) electrons. The van der Waals surface area contributed by atoms with Gasteiger partial charge in [-0.1, -0.05) is 6.07 Å². The monoisotopic (exact) mass is 182 g/mol. The summed E-state index contributed by atoms with van der Waals surface area (Å²) in [6, 6.07) is 3.62. The van der Waals surface area contributed by atoms with Crippen LogP contribution in [0.2, 0.25) is 0 Å². The largest absolute Gasteiger partial charge is 0.507 e. The third-order valence-corrected chi connectivity index (χ3v) is 1.57. The van der Waals surface area contributed by atoms with Gasteiger partial charge >= 0.3 is 6.03 Å². The lowest BCUT2D eigenvalue weighted by Gasteiger charge is -2.06. The molecule has 70 valence electrons. The zero-order chi connectivity index (χ0) is 9.84. The highest BCUT2D eigenvalue weighted by molar-refractivity contribution is 5.71. The summed E-state index contributed by atoms with van der Waals surface area (Å²) in [5, 5.41) is 20.8.